The van der Waals surface area contributed by atoms with Gasteiger partial charge in [0.15, 0.2) is 0 Å². The highest BCUT2D eigenvalue weighted by Gasteiger charge is 2.32. The molecule has 1 aliphatic rings. The summed E-state index contributed by atoms with van der Waals surface area (Å²) in [6.07, 6.45) is 2.31. The molecule has 1 saturated heterocycles. The molecule has 0 aromatic heterocycles. The first-order valence-electron chi connectivity index (χ1n) is 6.81. The van der Waals surface area contributed by atoms with Gasteiger partial charge in [-0.3, -0.25) is 4.79 Å². The van der Waals surface area contributed by atoms with E-state index in [1.54, 1.807) is 6.07 Å². The Morgan fingerprint density at radius 1 is 1.40 bits per heavy atom. The maximum Gasteiger partial charge on any atom is 0.224 e. The lowest BCUT2D eigenvalue weighted by atomic mass is 10.00. The molecule has 0 bridgehead atoms. The minimum atomic E-state index is -0.484. The van der Waals surface area contributed by atoms with E-state index in [1.165, 1.54) is 0 Å². The molecule has 1 fully saturated rings. The molecule has 1 aromatic carbocycles. The summed E-state index contributed by atoms with van der Waals surface area (Å²) in [5.74, 6) is 0.103. The van der Waals surface area contributed by atoms with Gasteiger partial charge in [-0.15, -0.1) is 0 Å². The molecule has 1 aliphatic heterocycles. The van der Waals surface area contributed by atoms with Gasteiger partial charge in [0.1, 0.15) is 0 Å². The van der Waals surface area contributed by atoms with Gasteiger partial charge in [-0.1, -0.05) is 29.3 Å². The van der Waals surface area contributed by atoms with Crippen molar-refractivity contribution in [1.29, 1.82) is 0 Å². The highest BCUT2D eigenvalue weighted by Crippen LogP contribution is 2.35. The van der Waals surface area contributed by atoms with Gasteiger partial charge in [0, 0.05) is 18.5 Å². The summed E-state index contributed by atoms with van der Waals surface area (Å²) in [4.78, 5) is 14.3. The van der Waals surface area contributed by atoms with Crippen LogP contribution in [-0.2, 0) is 4.79 Å². The van der Waals surface area contributed by atoms with E-state index in [0.717, 1.165) is 24.9 Å². The van der Waals surface area contributed by atoms with Gasteiger partial charge in [-0.25, -0.2) is 0 Å². The van der Waals surface area contributed by atoms with E-state index < -0.39 is 5.54 Å². The number of rotatable bonds is 3. The second kappa shape index (κ2) is 5.92. The number of hydrogen-bond donors (Lipinski definition) is 1. The smallest absolute Gasteiger partial charge is 0.224 e. The van der Waals surface area contributed by atoms with Gasteiger partial charge >= 0.3 is 0 Å². The number of nitrogens with zero attached hydrogens (tertiary/aromatic N) is 1. The van der Waals surface area contributed by atoms with Gasteiger partial charge in [0.2, 0.25) is 5.91 Å². The number of carbonyl (C=O) groups is 1. The fourth-order valence-electron chi connectivity index (χ4n) is 2.62. The molecule has 2 N–H and O–H groups in total. The van der Waals surface area contributed by atoms with E-state index in [4.69, 9.17) is 28.9 Å². The molecule has 1 atom stereocenters. The molecule has 1 heterocycles. The molecule has 1 aromatic rings. The summed E-state index contributed by atoms with van der Waals surface area (Å²) in [7, 11) is 0. The quantitative estimate of drug-likeness (QED) is 0.922. The largest absolute Gasteiger partial charge is 0.336 e. The standard InChI is InChI=1S/C15H20Cl2N2O/c1-15(2,18)9-14(20)19-7-3-4-13(19)10-5-6-11(16)12(17)8-10/h5-6,8,13H,3-4,7,9,18H2,1-2H3. The predicted octanol–water partition coefficient (Wildman–Crippen LogP) is 3.78. The summed E-state index contributed by atoms with van der Waals surface area (Å²) >= 11 is 12.0. The maximum absolute atomic E-state index is 12.4. The Kier molecular flexibility index (Phi) is 4.62. The Balaban J connectivity index is 2.18. The van der Waals surface area contributed by atoms with Crippen LogP contribution >= 0.6 is 23.2 Å². The second-order valence-corrected chi connectivity index (χ2v) is 6.90. The molecule has 5 heteroatoms. The zero-order valence-electron chi connectivity index (χ0n) is 11.8. The summed E-state index contributed by atoms with van der Waals surface area (Å²) in [6.45, 7) is 4.52. The highest BCUT2D eigenvalue weighted by molar-refractivity contribution is 6.42. The number of likely N-dealkylation sites (tertiary alicyclic amines) is 1. The topological polar surface area (TPSA) is 46.3 Å². The van der Waals surface area contributed by atoms with Crippen LogP contribution in [0.4, 0.5) is 0 Å². The maximum atomic E-state index is 12.4. The average molecular weight is 315 g/mol. The van der Waals surface area contributed by atoms with Crippen LogP contribution in [-0.4, -0.2) is 22.9 Å². The molecule has 110 valence electrons. The molecular formula is C15H20Cl2N2O. The number of halogens is 2. The van der Waals surface area contributed by atoms with E-state index in [2.05, 4.69) is 0 Å². The molecule has 20 heavy (non-hydrogen) atoms. The lowest BCUT2D eigenvalue weighted by Gasteiger charge is -2.28. The summed E-state index contributed by atoms with van der Waals surface area (Å²) in [5.41, 5.74) is 6.50. The van der Waals surface area contributed by atoms with E-state index in [9.17, 15) is 4.79 Å². The first-order valence-corrected chi connectivity index (χ1v) is 7.57. The average Bonchev–Trinajstić information content (AvgIpc) is 2.79. The third-order valence-electron chi connectivity index (χ3n) is 3.51. The van der Waals surface area contributed by atoms with Crippen molar-refractivity contribution in [1.82, 2.24) is 4.90 Å². The first kappa shape index (κ1) is 15.6. The van der Waals surface area contributed by atoms with Crippen molar-refractivity contribution < 1.29 is 4.79 Å². The third kappa shape index (κ3) is 3.66. The van der Waals surface area contributed by atoms with Gasteiger partial charge in [-0.2, -0.15) is 0 Å². The van der Waals surface area contributed by atoms with Crippen LogP contribution in [0.3, 0.4) is 0 Å². The lowest BCUT2D eigenvalue weighted by Crippen LogP contribution is -2.41. The van der Waals surface area contributed by atoms with E-state index in [-0.39, 0.29) is 11.9 Å². The Morgan fingerprint density at radius 2 is 2.10 bits per heavy atom. The number of nitrogens with two attached hydrogens (primary N) is 1. The minimum absolute atomic E-state index is 0.0830. The van der Waals surface area contributed by atoms with E-state index >= 15 is 0 Å². The fourth-order valence-corrected chi connectivity index (χ4v) is 2.93. The van der Waals surface area contributed by atoms with Crippen molar-refractivity contribution in [2.45, 2.75) is 44.7 Å². The Labute approximate surface area is 130 Å². The zero-order valence-corrected chi connectivity index (χ0v) is 13.3. The van der Waals surface area contributed by atoms with Crippen LogP contribution in [0.25, 0.3) is 0 Å². The second-order valence-electron chi connectivity index (χ2n) is 6.08. The summed E-state index contributed by atoms with van der Waals surface area (Å²) < 4.78 is 0. The van der Waals surface area contributed by atoms with Crippen molar-refractivity contribution in [2.75, 3.05) is 6.54 Å². The summed E-state index contributed by atoms with van der Waals surface area (Å²) in [6, 6.07) is 5.67. The van der Waals surface area contributed by atoms with Crippen LogP contribution < -0.4 is 5.73 Å². The monoisotopic (exact) mass is 314 g/mol. The van der Waals surface area contributed by atoms with Crippen LogP contribution in [0.5, 0.6) is 0 Å². The lowest BCUT2D eigenvalue weighted by molar-refractivity contribution is -0.133. The normalized spacial score (nSPS) is 19.4. The van der Waals surface area contributed by atoms with Gasteiger partial charge in [0.05, 0.1) is 16.1 Å². The molecule has 3 nitrogen and oxygen atoms in total. The van der Waals surface area contributed by atoms with Crippen LogP contribution in [0, 0.1) is 0 Å². The Hall–Kier alpha value is -0.770. The third-order valence-corrected chi connectivity index (χ3v) is 4.25. The minimum Gasteiger partial charge on any atom is -0.336 e. The number of hydrogen-bond acceptors (Lipinski definition) is 2. The zero-order chi connectivity index (χ0) is 14.9. The number of benzene rings is 1. The van der Waals surface area contributed by atoms with Crippen molar-refractivity contribution in [3.63, 3.8) is 0 Å². The SMILES string of the molecule is CC(C)(N)CC(=O)N1CCCC1c1ccc(Cl)c(Cl)c1. The Morgan fingerprint density at radius 3 is 2.70 bits per heavy atom. The van der Waals surface area contributed by atoms with Gasteiger partial charge in [-0.05, 0) is 44.4 Å². The van der Waals surface area contributed by atoms with E-state index in [0.29, 0.717) is 16.5 Å². The summed E-state index contributed by atoms with van der Waals surface area (Å²) in [5, 5.41) is 1.07. The van der Waals surface area contributed by atoms with Gasteiger partial charge < -0.3 is 10.6 Å². The number of amides is 1. The van der Waals surface area contributed by atoms with Crippen molar-refractivity contribution in [2.24, 2.45) is 5.73 Å². The van der Waals surface area contributed by atoms with Crippen LogP contribution in [0.2, 0.25) is 10.0 Å². The molecular weight excluding hydrogens is 295 g/mol. The molecule has 1 amide bonds. The molecule has 0 radical (unpaired) electrons. The van der Waals surface area contributed by atoms with Crippen molar-refractivity contribution in [3.05, 3.63) is 33.8 Å². The highest BCUT2D eigenvalue weighted by atomic mass is 35.5. The Bertz CT molecular complexity index is 511. The molecule has 0 spiro atoms. The van der Waals surface area contributed by atoms with Crippen molar-refractivity contribution in [3.8, 4) is 0 Å². The number of carbonyl (C=O) groups excluding carboxylic acids is 1. The van der Waals surface area contributed by atoms with Crippen LogP contribution in [0.1, 0.15) is 44.7 Å². The van der Waals surface area contributed by atoms with Crippen LogP contribution in [0.15, 0.2) is 18.2 Å². The molecule has 1 unspecified atom stereocenters. The first-order chi connectivity index (χ1) is 9.28. The van der Waals surface area contributed by atoms with Gasteiger partial charge in [0.25, 0.3) is 0 Å². The van der Waals surface area contributed by atoms with E-state index in [1.807, 2.05) is 30.9 Å². The molecule has 2 rings (SSSR count). The molecule has 0 saturated carbocycles. The predicted molar refractivity (Wildman–Crippen MR) is 83.0 cm³/mol. The van der Waals surface area contributed by atoms with Crippen molar-refractivity contribution >= 4 is 29.1 Å². The molecule has 0 aliphatic carbocycles. The fraction of sp³-hybridized carbons (Fsp3) is 0.533.